The van der Waals surface area contributed by atoms with Crippen molar-refractivity contribution < 1.29 is 19.1 Å². The normalized spacial score (nSPS) is 14.9. The number of hydrogen-bond acceptors (Lipinski definition) is 4. The lowest BCUT2D eigenvalue weighted by molar-refractivity contribution is -0.118. The number of rotatable bonds is 6. The van der Waals surface area contributed by atoms with Crippen molar-refractivity contribution in [2.75, 3.05) is 23.7 Å². The predicted octanol–water partition coefficient (Wildman–Crippen LogP) is 5.17. The molecule has 4 amide bonds. The number of likely N-dealkylation sites (tertiary alicyclic amines) is 1. The molecule has 8 nitrogen and oxygen atoms in total. The molecule has 8 heteroatoms. The number of benzene rings is 2. The van der Waals surface area contributed by atoms with Gasteiger partial charge in [0.05, 0.1) is 0 Å². The molecule has 1 heterocycles. The number of urea groups is 1. The molecule has 0 aromatic heterocycles. The smallest absolute Gasteiger partial charge is 0.408 e. The molecule has 35 heavy (non-hydrogen) atoms. The highest BCUT2D eigenvalue weighted by Gasteiger charge is 2.25. The van der Waals surface area contributed by atoms with Gasteiger partial charge in [-0.05, 0) is 63.4 Å². The van der Waals surface area contributed by atoms with Crippen molar-refractivity contribution in [2.45, 2.75) is 64.5 Å². The molecule has 188 valence electrons. The maximum Gasteiger partial charge on any atom is 0.408 e. The molecule has 2 aromatic rings. The van der Waals surface area contributed by atoms with Crippen LogP contribution in [-0.4, -0.2) is 47.7 Å². The Bertz CT molecular complexity index is 978. The molecule has 1 aliphatic heterocycles. The number of nitrogens with zero attached hydrogens (tertiary/aromatic N) is 1. The highest BCUT2D eigenvalue weighted by atomic mass is 16.6. The number of hydrogen-bond donors (Lipinski definition) is 3. The van der Waals surface area contributed by atoms with Crippen molar-refractivity contribution in [3.05, 3.63) is 60.2 Å². The zero-order chi connectivity index (χ0) is 25.3. The molecular weight excluding hydrogens is 444 g/mol. The van der Waals surface area contributed by atoms with Gasteiger partial charge in [-0.15, -0.1) is 0 Å². The summed E-state index contributed by atoms with van der Waals surface area (Å²) in [6, 6.07) is 15.5. The standard InChI is InChI=1S/C27H36N4O4/c1-27(2,3)35-26(34)30-23(19-20-11-7-6-8-12-20)24(32)28-21-13-15-22(16-14-21)29-25(33)31-17-9-4-5-10-18-31/h6-8,11-16,23H,4-5,9-10,17-19H2,1-3H3,(H,28,32)(H,29,33)(H,30,34). The van der Waals surface area contributed by atoms with Crippen LogP contribution in [0.2, 0.25) is 0 Å². The van der Waals surface area contributed by atoms with Gasteiger partial charge in [-0.2, -0.15) is 0 Å². The number of ether oxygens (including phenoxy) is 1. The second-order valence-electron chi connectivity index (χ2n) is 9.79. The minimum atomic E-state index is -0.824. The molecule has 0 radical (unpaired) electrons. The first kappa shape index (κ1) is 26.1. The number of nitrogens with one attached hydrogen (secondary N) is 3. The van der Waals surface area contributed by atoms with Crippen LogP contribution in [0.5, 0.6) is 0 Å². The van der Waals surface area contributed by atoms with Gasteiger partial charge in [-0.1, -0.05) is 43.2 Å². The van der Waals surface area contributed by atoms with E-state index in [0.717, 1.165) is 44.3 Å². The summed E-state index contributed by atoms with van der Waals surface area (Å²) in [7, 11) is 0. The van der Waals surface area contributed by atoms with Gasteiger partial charge in [0.2, 0.25) is 5.91 Å². The van der Waals surface area contributed by atoms with Gasteiger partial charge in [0.25, 0.3) is 0 Å². The van der Waals surface area contributed by atoms with Crippen LogP contribution in [0.25, 0.3) is 0 Å². The molecule has 2 aromatic carbocycles. The van der Waals surface area contributed by atoms with Crippen molar-refractivity contribution in [1.29, 1.82) is 0 Å². The van der Waals surface area contributed by atoms with E-state index in [4.69, 9.17) is 4.74 Å². The fourth-order valence-electron chi connectivity index (χ4n) is 3.85. The summed E-state index contributed by atoms with van der Waals surface area (Å²) in [5.74, 6) is -0.360. The van der Waals surface area contributed by atoms with Crippen LogP contribution in [0, 0.1) is 0 Å². The van der Waals surface area contributed by atoms with E-state index in [1.165, 1.54) is 0 Å². The van der Waals surface area contributed by atoms with Crippen molar-refractivity contribution >= 4 is 29.4 Å². The average Bonchev–Trinajstić information content (AvgIpc) is 3.09. The molecule has 0 aliphatic carbocycles. The molecule has 1 unspecified atom stereocenters. The minimum Gasteiger partial charge on any atom is -0.444 e. The van der Waals surface area contributed by atoms with E-state index in [2.05, 4.69) is 16.0 Å². The maximum atomic E-state index is 13.1. The summed E-state index contributed by atoms with van der Waals surface area (Å²) in [6.45, 7) is 6.85. The van der Waals surface area contributed by atoms with Crippen molar-refractivity contribution in [3.8, 4) is 0 Å². The van der Waals surface area contributed by atoms with Crippen LogP contribution >= 0.6 is 0 Å². The monoisotopic (exact) mass is 480 g/mol. The summed E-state index contributed by atoms with van der Waals surface area (Å²) in [6.07, 6.45) is 4.04. The Morgan fingerprint density at radius 1 is 0.857 bits per heavy atom. The zero-order valence-corrected chi connectivity index (χ0v) is 20.8. The van der Waals surface area contributed by atoms with Crippen LogP contribution in [0.15, 0.2) is 54.6 Å². The number of anilines is 2. The van der Waals surface area contributed by atoms with E-state index in [-0.39, 0.29) is 11.9 Å². The van der Waals surface area contributed by atoms with Gasteiger partial charge in [-0.3, -0.25) is 4.79 Å². The molecule has 1 saturated heterocycles. The highest BCUT2D eigenvalue weighted by molar-refractivity contribution is 5.97. The van der Waals surface area contributed by atoms with E-state index in [9.17, 15) is 14.4 Å². The van der Waals surface area contributed by atoms with E-state index in [0.29, 0.717) is 17.8 Å². The first-order valence-corrected chi connectivity index (χ1v) is 12.2. The molecular formula is C27H36N4O4. The molecule has 0 saturated carbocycles. The summed E-state index contributed by atoms with van der Waals surface area (Å²) in [5.41, 5.74) is 1.46. The second kappa shape index (κ2) is 12.2. The number of amides is 4. The average molecular weight is 481 g/mol. The van der Waals surface area contributed by atoms with Gasteiger partial charge < -0.3 is 25.6 Å². The van der Waals surface area contributed by atoms with E-state index >= 15 is 0 Å². The summed E-state index contributed by atoms with van der Waals surface area (Å²) < 4.78 is 5.34. The topological polar surface area (TPSA) is 99.8 Å². The lowest BCUT2D eigenvalue weighted by Crippen LogP contribution is -2.47. The maximum absolute atomic E-state index is 13.1. The fraction of sp³-hybridized carbons (Fsp3) is 0.444. The zero-order valence-electron chi connectivity index (χ0n) is 20.8. The van der Waals surface area contributed by atoms with E-state index in [1.54, 1.807) is 45.0 Å². The predicted molar refractivity (Wildman–Crippen MR) is 137 cm³/mol. The molecule has 3 N–H and O–H groups in total. The summed E-state index contributed by atoms with van der Waals surface area (Å²) >= 11 is 0. The van der Waals surface area contributed by atoms with Crippen LogP contribution in [-0.2, 0) is 16.0 Å². The van der Waals surface area contributed by atoms with Gasteiger partial charge in [-0.25, -0.2) is 9.59 Å². The number of carbonyl (C=O) groups is 3. The van der Waals surface area contributed by atoms with Crippen LogP contribution in [0.3, 0.4) is 0 Å². The lowest BCUT2D eigenvalue weighted by atomic mass is 10.1. The molecule has 1 aliphatic rings. The third-order valence-corrected chi connectivity index (χ3v) is 5.59. The molecule has 0 bridgehead atoms. The molecule has 1 atom stereocenters. The summed E-state index contributed by atoms with van der Waals surface area (Å²) in [4.78, 5) is 39.8. The summed E-state index contributed by atoms with van der Waals surface area (Å²) in [5, 5.41) is 8.46. The Labute approximate surface area is 207 Å². The third-order valence-electron chi connectivity index (χ3n) is 5.59. The van der Waals surface area contributed by atoms with Crippen LogP contribution in [0.4, 0.5) is 21.0 Å². The van der Waals surface area contributed by atoms with Crippen molar-refractivity contribution in [2.24, 2.45) is 0 Å². The quantitative estimate of drug-likeness (QED) is 0.531. The van der Waals surface area contributed by atoms with Gasteiger partial charge in [0.1, 0.15) is 11.6 Å². The second-order valence-corrected chi connectivity index (χ2v) is 9.79. The number of alkyl carbamates (subject to hydrolysis) is 1. The lowest BCUT2D eigenvalue weighted by Gasteiger charge is -2.23. The third kappa shape index (κ3) is 8.96. The van der Waals surface area contributed by atoms with Gasteiger partial charge >= 0.3 is 12.1 Å². The SMILES string of the molecule is CC(C)(C)OC(=O)NC(Cc1ccccc1)C(=O)Nc1ccc(NC(=O)N2CCCCCC2)cc1. The first-order chi connectivity index (χ1) is 16.7. The fourth-order valence-corrected chi connectivity index (χ4v) is 3.85. The first-order valence-electron chi connectivity index (χ1n) is 12.2. The molecule has 0 spiro atoms. The molecule has 1 fully saturated rings. The number of carbonyl (C=O) groups excluding carboxylic acids is 3. The Morgan fingerprint density at radius 2 is 1.43 bits per heavy atom. The molecule has 3 rings (SSSR count). The van der Waals surface area contributed by atoms with Gasteiger partial charge in [0.15, 0.2) is 0 Å². The largest absolute Gasteiger partial charge is 0.444 e. The van der Waals surface area contributed by atoms with E-state index < -0.39 is 17.7 Å². The van der Waals surface area contributed by atoms with Crippen LogP contribution in [0.1, 0.15) is 52.0 Å². The Balaban J connectivity index is 1.62. The van der Waals surface area contributed by atoms with Gasteiger partial charge in [0, 0.05) is 30.9 Å². The van der Waals surface area contributed by atoms with E-state index in [1.807, 2.05) is 35.2 Å². The van der Waals surface area contributed by atoms with Crippen molar-refractivity contribution in [1.82, 2.24) is 10.2 Å². The van der Waals surface area contributed by atoms with Crippen LogP contribution < -0.4 is 16.0 Å². The Kier molecular flexibility index (Phi) is 9.11. The highest BCUT2D eigenvalue weighted by Crippen LogP contribution is 2.17. The van der Waals surface area contributed by atoms with Crippen molar-refractivity contribution in [3.63, 3.8) is 0 Å². The Hall–Kier alpha value is -3.55. The minimum absolute atomic E-state index is 0.104. The Morgan fingerprint density at radius 3 is 2.00 bits per heavy atom.